The largest absolute Gasteiger partial charge is 0.455 e. The number of ether oxygens (including phenoxy) is 1. The van der Waals surface area contributed by atoms with Crippen LogP contribution in [0.4, 0.5) is 11.4 Å². The van der Waals surface area contributed by atoms with Crippen LogP contribution < -0.4 is 10.5 Å². The third-order valence-electron chi connectivity index (χ3n) is 6.55. The number of nitro groups is 1. The molecule has 2 aromatic heterocycles. The Morgan fingerprint density at radius 1 is 1.17 bits per heavy atom. The zero-order chi connectivity index (χ0) is 24.5. The molecular formula is C24H24N4O6S. The van der Waals surface area contributed by atoms with Crippen LogP contribution in [0.25, 0.3) is 10.2 Å². The Kier molecular flexibility index (Phi) is 6.33. The number of rotatable bonds is 6. The molecule has 0 unspecified atom stereocenters. The standard InChI is InChI=1S/C24H24N4O6S/c29-20(27-10-3-4-15-12-16(28(32)33)7-8-18(15)27)13-34-21(30)9-11-26-14-25-23-22(24(26)31)17-5-1-2-6-19(17)35-23/h7-8,12,14H,1-6,9-11,13H2. The summed E-state index contributed by atoms with van der Waals surface area (Å²) in [7, 11) is 0. The van der Waals surface area contributed by atoms with Gasteiger partial charge in [-0.05, 0) is 55.7 Å². The fraction of sp³-hybridized carbons (Fsp3) is 0.417. The molecule has 5 rings (SSSR count). The van der Waals surface area contributed by atoms with Crippen LogP contribution in [0.2, 0.25) is 0 Å². The van der Waals surface area contributed by atoms with E-state index >= 15 is 0 Å². The molecule has 0 radical (unpaired) electrons. The minimum absolute atomic E-state index is 0.0182. The zero-order valence-electron chi connectivity index (χ0n) is 19.0. The Morgan fingerprint density at radius 2 is 2.00 bits per heavy atom. The van der Waals surface area contributed by atoms with Crippen LogP contribution in [-0.4, -0.2) is 39.5 Å². The van der Waals surface area contributed by atoms with Gasteiger partial charge >= 0.3 is 5.97 Å². The second-order valence-electron chi connectivity index (χ2n) is 8.76. The van der Waals surface area contributed by atoms with E-state index in [9.17, 15) is 24.5 Å². The second-order valence-corrected chi connectivity index (χ2v) is 9.85. The molecule has 11 heteroatoms. The van der Waals surface area contributed by atoms with Crippen molar-refractivity contribution in [1.29, 1.82) is 0 Å². The molecule has 1 aromatic carbocycles. The number of thiophene rings is 1. The molecule has 0 spiro atoms. The molecule has 0 fully saturated rings. The highest BCUT2D eigenvalue weighted by Gasteiger charge is 2.25. The van der Waals surface area contributed by atoms with Crippen molar-refractivity contribution in [3.63, 3.8) is 0 Å². The highest BCUT2D eigenvalue weighted by Crippen LogP contribution is 2.33. The first-order chi connectivity index (χ1) is 16.9. The summed E-state index contributed by atoms with van der Waals surface area (Å²) < 4.78 is 6.62. The number of aromatic nitrogens is 2. The van der Waals surface area contributed by atoms with Crippen molar-refractivity contribution < 1.29 is 19.2 Å². The fourth-order valence-corrected chi connectivity index (χ4v) is 6.02. The van der Waals surface area contributed by atoms with Crippen molar-refractivity contribution in [3.05, 3.63) is 61.0 Å². The summed E-state index contributed by atoms with van der Waals surface area (Å²) >= 11 is 1.58. The molecule has 0 saturated carbocycles. The van der Waals surface area contributed by atoms with Crippen LogP contribution in [0.3, 0.4) is 0 Å². The van der Waals surface area contributed by atoms with Gasteiger partial charge in [0.1, 0.15) is 4.83 Å². The maximum Gasteiger partial charge on any atom is 0.308 e. The molecule has 1 aliphatic heterocycles. The molecular weight excluding hydrogens is 472 g/mol. The second kappa shape index (κ2) is 9.57. The van der Waals surface area contributed by atoms with E-state index in [0.29, 0.717) is 30.5 Å². The molecule has 1 aliphatic carbocycles. The first-order valence-corrected chi connectivity index (χ1v) is 12.5. The van der Waals surface area contributed by atoms with Crippen LogP contribution in [0.5, 0.6) is 0 Å². The van der Waals surface area contributed by atoms with Gasteiger partial charge in [-0.25, -0.2) is 4.98 Å². The molecule has 10 nitrogen and oxygen atoms in total. The third-order valence-corrected chi connectivity index (χ3v) is 7.75. The van der Waals surface area contributed by atoms with Gasteiger partial charge in [0.05, 0.1) is 23.1 Å². The number of non-ortho nitro benzene ring substituents is 1. The van der Waals surface area contributed by atoms with E-state index in [0.717, 1.165) is 41.6 Å². The lowest BCUT2D eigenvalue weighted by Gasteiger charge is -2.29. The fourth-order valence-electron chi connectivity index (χ4n) is 4.80. The quantitative estimate of drug-likeness (QED) is 0.292. The number of hydrogen-bond donors (Lipinski definition) is 0. The monoisotopic (exact) mass is 496 g/mol. The first-order valence-electron chi connectivity index (χ1n) is 11.7. The number of amides is 1. The van der Waals surface area contributed by atoms with Gasteiger partial charge in [0.2, 0.25) is 0 Å². The molecule has 1 amide bonds. The number of benzene rings is 1. The maximum absolute atomic E-state index is 13.0. The number of carbonyl (C=O) groups excluding carboxylic acids is 2. The minimum Gasteiger partial charge on any atom is -0.455 e. The van der Waals surface area contributed by atoms with Gasteiger partial charge in [0.25, 0.3) is 17.2 Å². The predicted molar refractivity (Wildman–Crippen MR) is 130 cm³/mol. The minimum atomic E-state index is -0.585. The van der Waals surface area contributed by atoms with Crippen LogP contribution in [-0.2, 0) is 40.1 Å². The summed E-state index contributed by atoms with van der Waals surface area (Å²) in [6.07, 6.45) is 6.76. The predicted octanol–water partition coefficient (Wildman–Crippen LogP) is 3.16. The number of nitrogens with zero attached hydrogens (tertiary/aromatic N) is 4. The Balaban J connectivity index is 1.20. The lowest BCUT2D eigenvalue weighted by Crippen LogP contribution is -2.38. The molecule has 0 saturated heterocycles. The summed E-state index contributed by atoms with van der Waals surface area (Å²) in [6.45, 7) is 0.141. The molecule has 182 valence electrons. The van der Waals surface area contributed by atoms with Crippen LogP contribution in [0, 0.1) is 10.1 Å². The summed E-state index contributed by atoms with van der Waals surface area (Å²) in [5, 5.41) is 11.7. The topological polar surface area (TPSA) is 125 Å². The molecule has 2 aliphatic rings. The zero-order valence-corrected chi connectivity index (χ0v) is 19.8. The van der Waals surface area contributed by atoms with Crippen molar-refractivity contribution >= 4 is 44.8 Å². The van der Waals surface area contributed by atoms with E-state index in [2.05, 4.69) is 4.98 Å². The van der Waals surface area contributed by atoms with Gasteiger partial charge in [-0.2, -0.15) is 0 Å². The number of aryl methyl sites for hydroxylation is 4. The molecule has 0 N–H and O–H groups in total. The maximum atomic E-state index is 13.0. The smallest absolute Gasteiger partial charge is 0.308 e. The lowest BCUT2D eigenvalue weighted by atomic mass is 9.97. The number of hydrogen-bond acceptors (Lipinski definition) is 8. The van der Waals surface area contributed by atoms with E-state index in [4.69, 9.17) is 4.74 Å². The summed E-state index contributed by atoms with van der Waals surface area (Å²) in [6, 6.07) is 4.41. The van der Waals surface area contributed by atoms with Gasteiger partial charge < -0.3 is 9.64 Å². The van der Waals surface area contributed by atoms with Gasteiger partial charge in [-0.3, -0.25) is 29.1 Å². The number of nitro benzene ring substituents is 1. The molecule has 3 aromatic rings. The highest BCUT2D eigenvalue weighted by molar-refractivity contribution is 7.18. The number of fused-ring (bicyclic) bond motifs is 4. The Hall–Kier alpha value is -3.60. The van der Waals surface area contributed by atoms with E-state index in [1.165, 1.54) is 32.8 Å². The van der Waals surface area contributed by atoms with Gasteiger partial charge in [0.15, 0.2) is 6.61 Å². The van der Waals surface area contributed by atoms with Crippen molar-refractivity contribution in [2.75, 3.05) is 18.1 Å². The van der Waals surface area contributed by atoms with E-state index < -0.39 is 23.4 Å². The van der Waals surface area contributed by atoms with E-state index in [1.807, 2.05) is 0 Å². The van der Waals surface area contributed by atoms with Gasteiger partial charge in [-0.15, -0.1) is 11.3 Å². The average molecular weight is 497 g/mol. The van der Waals surface area contributed by atoms with Crippen molar-refractivity contribution in [2.24, 2.45) is 0 Å². The summed E-state index contributed by atoms with van der Waals surface area (Å²) in [4.78, 5) is 56.5. The third kappa shape index (κ3) is 4.55. The van der Waals surface area contributed by atoms with Crippen molar-refractivity contribution in [3.8, 4) is 0 Å². The van der Waals surface area contributed by atoms with Crippen molar-refractivity contribution in [2.45, 2.75) is 51.5 Å². The Bertz CT molecular complexity index is 1390. The van der Waals surface area contributed by atoms with Crippen molar-refractivity contribution in [1.82, 2.24) is 9.55 Å². The molecule has 0 bridgehead atoms. The van der Waals surface area contributed by atoms with Crippen LogP contribution >= 0.6 is 11.3 Å². The Morgan fingerprint density at radius 3 is 2.83 bits per heavy atom. The normalized spacial score (nSPS) is 14.9. The first kappa shape index (κ1) is 23.2. The average Bonchev–Trinajstić information content (AvgIpc) is 3.25. The van der Waals surface area contributed by atoms with Crippen LogP contribution in [0.1, 0.15) is 41.7 Å². The number of esters is 1. The lowest BCUT2D eigenvalue weighted by molar-refractivity contribution is -0.384. The molecule has 0 atom stereocenters. The van der Waals surface area contributed by atoms with E-state index in [-0.39, 0.29) is 24.2 Å². The summed E-state index contributed by atoms with van der Waals surface area (Å²) in [5.41, 5.74) is 2.27. The van der Waals surface area contributed by atoms with Crippen LogP contribution in [0.15, 0.2) is 29.3 Å². The highest BCUT2D eigenvalue weighted by atomic mass is 32.1. The number of anilines is 1. The Labute approximate surface area is 204 Å². The van der Waals surface area contributed by atoms with Gasteiger partial charge in [-0.1, -0.05) is 0 Å². The van der Waals surface area contributed by atoms with E-state index in [1.54, 1.807) is 17.4 Å². The SMILES string of the molecule is O=C(CCn1cnc2sc3c(c2c1=O)CCCC3)OCC(=O)N1CCCc2cc([N+](=O)[O-])ccc21. The number of carbonyl (C=O) groups is 2. The van der Waals surface area contributed by atoms with Gasteiger partial charge in [0, 0.05) is 35.8 Å². The molecule has 35 heavy (non-hydrogen) atoms. The summed E-state index contributed by atoms with van der Waals surface area (Å²) in [5.74, 6) is -0.975. The molecule has 3 heterocycles.